The molecule has 0 spiro atoms. The highest BCUT2D eigenvalue weighted by Gasteiger charge is 2.31. The van der Waals surface area contributed by atoms with E-state index in [0.717, 1.165) is 12.0 Å². The lowest BCUT2D eigenvalue weighted by atomic mass is 10.1. The summed E-state index contributed by atoms with van der Waals surface area (Å²) >= 11 is 0. The maximum absolute atomic E-state index is 12.1. The molecule has 0 unspecified atom stereocenters. The quantitative estimate of drug-likeness (QED) is 0.693. The van der Waals surface area contributed by atoms with Gasteiger partial charge in [0, 0.05) is 23.9 Å². The summed E-state index contributed by atoms with van der Waals surface area (Å²) in [5.41, 5.74) is 2.05. The van der Waals surface area contributed by atoms with Gasteiger partial charge in [-0.25, -0.2) is 4.79 Å². The Labute approximate surface area is 165 Å². The van der Waals surface area contributed by atoms with E-state index in [1.807, 2.05) is 36.4 Å². The molecule has 1 aliphatic heterocycles. The van der Waals surface area contributed by atoms with Crippen molar-refractivity contribution in [2.45, 2.75) is 18.9 Å². The Hall–Kier alpha value is -3.15. The van der Waals surface area contributed by atoms with Crippen molar-refractivity contribution in [2.75, 3.05) is 27.9 Å². The van der Waals surface area contributed by atoms with E-state index in [1.54, 1.807) is 32.4 Å². The predicted molar refractivity (Wildman–Crippen MR) is 106 cm³/mol. The summed E-state index contributed by atoms with van der Waals surface area (Å²) in [7, 11) is 4.81. The topological polar surface area (TPSA) is 57.2 Å². The fourth-order valence-electron chi connectivity index (χ4n) is 3.26. The second-order valence-electron chi connectivity index (χ2n) is 6.43. The fraction of sp³-hybridized carbons (Fsp3) is 0.318. The lowest BCUT2D eigenvalue weighted by Crippen LogP contribution is -2.30. The van der Waals surface area contributed by atoms with Gasteiger partial charge in [-0.3, -0.25) is 4.90 Å². The van der Waals surface area contributed by atoms with Crippen molar-refractivity contribution in [2.24, 2.45) is 0 Å². The number of hydrogen-bond donors (Lipinski definition) is 0. The zero-order chi connectivity index (χ0) is 19.9. The van der Waals surface area contributed by atoms with E-state index < -0.39 is 0 Å². The molecule has 6 heteroatoms. The molecular weight excluding hydrogens is 358 g/mol. The molecule has 6 nitrogen and oxygen atoms in total. The summed E-state index contributed by atoms with van der Waals surface area (Å²) < 4.78 is 21.5. The van der Waals surface area contributed by atoms with Crippen LogP contribution in [-0.2, 0) is 17.6 Å². The molecule has 0 aliphatic carbocycles. The minimum atomic E-state index is -0.328. The maximum atomic E-state index is 12.1. The monoisotopic (exact) mass is 383 g/mol. The molecule has 1 heterocycles. The lowest BCUT2D eigenvalue weighted by molar-refractivity contribution is 0.166. The normalized spacial score (nSPS) is 16.3. The average molecular weight is 383 g/mol. The van der Waals surface area contributed by atoms with Crippen LogP contribution in [0.2, 0.25) is 0 Å². The molecule has 1 aliphatic rings. The number of carbonyl (C=O) groups excluding carboxylic acids is 1. The van der Waals surface area contributed by atoms with Crippen molar-refractivity contribution in [1.82, 2.24) is 4.90 Å². The van der Waals surface area contributed by atoms with Crippen LogP contribution in [0.3, 0.4) is 0 Å². The number of allylic oxidation sites excluding steroid dienone is 1. The van der Waals surface area contributed by atoms with Gasteiger partial charge >= 0.3 is 6.09 Å². The first kappa shape index (κ1) is 19.6. The number of nitrogens with zero attached hydrogens (tertiary/aromatic N) is 1. The van der Waals surface area contributed by atoms with Crippen LogP contribution >= 0.6 is 0 Å². The van der Waals surface area contributed by atoms with Crippen LogP contribution in [0.15, 0.2) is 54.7 Å². The summed E-state index contributed by atoms with van der Waals surface area (Å²) in [6, 6.07) is 13.7. The van der Waals surface area contributed by atoms with Gasteiger partial charge in [0.2, 0.25) is 0 Å². The van der Waals surface area contributed by atoms with Crippen molar-refractivity contribution < 1.29 is 23.7 Å². The molecule has 1 fully saturated rings. The molecule has 2 aromatic carbocycles. The minimum absolute atomic E-state index is 0.0224. The molecule has 1 saturated heterocycles. The summed E-state index contributed by atoms with van der Waals surface area (Å²) in [4.78, 5) is 13.8. The maximum Gasteiger partial charge on any atom is 0.414 e. The van der Waals surface area contributed by atoms with Crippen molar-refractivity contribution in [1.29, 1.82) is 0 Å². The van der Waals surface area contributed by atoms with Crippen LogP contribution in [0.5, 0.6) is 17.2 Å². The third-order valence-electron chi connectivity index (χ3n) is 4.72. The molecule has 3 rings (SSSR count). The highest BCUT2D eigenvalue weighted by atomic mass is 16.6. The zero-order valence-corrected chi connectivity index (χ0v) is 16.4. The molecule has 1 atom stereocenters. The largest absolute Gasteiger partial charge is 0.496 e. The fourth-order valence-corrected chi connectivity index (χ4v) is 3.26. The molecule has 0 radical (unpaired) electrons. The first-order valence-electron chi connectivity index (χ1n) is 9.10. The Kier molecular flexibility index (Phi) is 6.42. The highest BCUT2D eigenvalue weighted by Crippen LogP contribution is 2.34. The van der Waals surface area contributed by atoms with E-state index in [9.17, 15) is 4.79 Å². The predicted octanol–water partition coefficient (Wildman–Crippen LogP) is 3.83. The van der Waals surface area contributed by atoms with Crippen LogP contribution in [0, 0.1) is 0 Å². The van der Waals surface area contributed by atoms with Gasteiger partial charge in [0.15, 0.2) is 0 Å². The van der Waals surface area contributed by atoms with Gasteiger partial charge < -0.3 is 18.9 Å². The van der Waals surface area contributed by atoms with E-state index in [4.69, 9.17) is 18.9 Å². The number of amides is 1. The molecular formula is C22H25NO5. The summed E-state index contributed by atoms with van der Waals surface area (Å²) in [5, 5.41) is 0. The van der Waals surface area contributed by atoms with Crippen molar-refractivity contribution in [3.8, 4) is 17.2 Å². The van der Waals surface area contributed by atoms with Gasteiger partial charge in [-0.2, -0.15) is 0 Å². The van der Waals surface area contributed by atoms with Gasteiger partial charge in [-0.05, 0) is 18.4 Å². The van der Waals surface area contributed by atoms with Crippen LogP contribution in [0.25, 0.3) is 0 Å². The number of carbonyl (C=O) groups is 1. The third-order valence-corrected chi connectivity index (χ3v) is 4.72. The van der Waals surface area contributed by atoms with Crippen molar-refractivity contribution in [3.63, 3.8) is 0 Å². The first-order valence-corrected chi connectivity index (χ1v) is 9.10. The van der Waals surface area contributed by atoms with Crippen molar-refractivity contribution >= 4 is 6.09 Å². The highest BCUT2D eigenvalue weighted by molar-refractivity contribution is 5.71. The summed E-state index contributed by atoms with van der Waals surface area (Å²) in [6.45, 7) is 0.382. The molecule has 0 bridgehead atoms. The SMILES string of the molecule is COc1cc(OC)c(C/C=C/N2C(=O)OC[C@@H]2Cc2ccccc2)c(OC)c1. The van der Waals surface area contributed by atoms with Gasteiger partial charge in [0.25, 0.3) is 0 Å². The zero-order valence-electron chi connectivity index (χ0n) is 16.4. The molecule has 1 amide bonds. The standard InChI is InChI=1S/C22H25NO5/c1-25-18-13-20(26-2)19(21(14-18)27-3)10-7-11-23-17(15-28-22(23)24)12-16-8-5-4-6-9-16/h4-9,11,13-14,17H,10,12,15H2,1-3H3/b11-7+/t17-/m0/s1. The molecule has 0 saturated carbocycles. The van der Waals surface area contributed by atoms with E-state index >= 15 is 0 Å². The number of rotatable bonds is 8. The second-order valence-corrected chi connectivity index (χ2v) is 6.43. The van der Waals surface area contributed by atoms with Crippen molar-refractivity contribution in [3.05, 3.63) is 65.9 Å². The van der Waals surface area contributed by atoms with Gasteiger partial charge in [-0.1, -0.05) is 36.4 Å². The number of ether oxygens (including phenoxy) is 4. The molecule has 148 valence electrons. The summed E-state index contributed by atoms with van der Waals surface area (Å²) in [5.74, 6) is 2.00. The van der Waals surface area contributed by atoms with E-state index in [0.29, 0.717) is 30.3 Å². The van der Waals surface area contributed by atoms with E-state index in [1.165, 1.54) is 5.56 Å². The number of hydrogen-bond acceptors (Lipinski definition) is 5. The van der Waals surface area contributed by atoms with Gasteiger partial charge in [-0.15, -0.1) is 0 Å². The van der Waals surface area contributed by atoms with E-state index in [-0.39, 0.29) is 12.1 Å². The minimum Gasteiger partial charge on any atom is -0.496 e. The number of cyclic esters (lactones) is 1. The Balaban J connectivity index is 1.75. The number of benzene rings is 2. The van der Waals surface area contributed by atoms with Crippen LogP contribution in [0.1, 0.15) is 11.1 Å². The molecule has 0 N–H and O–H groups in total. The molecule has 2 aromatic rings. The summed E-state index contributed by atoms with van der Waals surface area (Å²) in [6.07, 6.45) is 4.65. The van der Waals surface area contributed by atoms with Gasteiger partial charge in [0.1, 0.15) is 23.9 Å². The second kappa shape index (κ2) is 9.17. The van der Waals surface area contributed by atoms with Gasteiger partial charge in [0.05, 0.1) is 27.4 Å². The van der Waals surface area contributed by atoms with Crippen LogP contribution in [-0.4, -0.2) is 45.0 Å². The molecule has 0 aromatic heterocycles. The van der Waals surface area contributed by atoms with Crippen LogP contribution in [0.4, 0.5) is 4.79 Å². The molecule has 28 heavy (non-hydrogen) atoms. The lowest BCUT2D eigenvalue weighted by Gasteiger charge is -2.18. The average Bonchev–Trinajstić information content (AvgIpc) is 3.07. The Morgan fingerprint density at radius 3 is 2.36 bits per heavy atom. The Morgan fingerprint density at radius 1 is 1.07 bits per heavy atom. The smallest absolute Gasteiger partial charge is 0.414 e. The third kappa shape index (κ3) is 4.39. The first-order chi connectivity index (χ1) is 13.7. The van der Waals surface area contributed by atoms with E-state index in [2.05, 4.69) is 12.1 Å². The number of methoxy groups -OCH3 is 3. The Morgan fingerprint density at radius 2 is 1.75 bits per heavy atom. The van der Waals surface area contributed by atoms with Crippen LogP contribution < -0.4 is 14.2 Å². The Bertz CT molecular complexity index is 809.